The molecule has 1 aromatic carbocycles. The van der Waals surface area contributed by atoms with Gasteiger partial charge >= 0.3 is 0 Å². The van der Waals surface area contributed by atoms with E-state index in [9.17, 15) is 8.42 Å². The smallest absolute Gasteiger partial charge is 0.252 e. The summed E-state index contributed by atoms with van der Waals surface area (Å²) < 4.78 is 34.4. The molecule has 2 aromatic heterocycles. The Balaban J connectivity index is 1.40. The van der Waals surface area contributed by atoms with Gasteiger partial charge in [-0.05, 0) is 53.1 Å². The number of aromatic nitrogens is 4. The molecule has 0 saturated carbocycles. The summed E-state index contributed by atoms with van der Waals surface area (Å²) in [5.74, 6) is 1.51. The third kappa shape index (κ3) is 4.32. The molecule has 29 heavy (non-hydrogen) atoms. The molecule has 0 aliphatic carbocycles. The van der Waals surface area contributed by atoms with Crippen molar-refractivity contribution in [3.63, 3.8) is 0 Å². The van der Waals surface area contributed by atoms with Crippen LogP contribution in [-0.2, 0) is 16.6 Å². The van der Waals surface area contributed by atoms with Crippen LogP contribution in [0.25, 0.3) is 5.69 Å². The molecule has 0 radical (unpaired) electrons. The van der Waals surface area contributed by atoms with Crippen molar-refractivity contribution < 1.29 is 13.2 Å². The molecule has 0 atom stereocenters. The summed E-state index contributed by atoms with van der Waals surface area (Å²) >= 11 is 1.25. The van der Waals surface area contributed by atoms with Crippen molar-refractivity contribution in [1.82, 2.24) is 29.4 Å². The molecule has 3 aromatic rings. The molecule has 9 nitrogen and oxygen atoms in total. The SMILES string of the molecule is CCOc1ccc(-n2nnnc2CN2CCN(S(=O)(=O)c3cccs3)CC2)cc1. The average Bonchev–Trinajstić information content (AvgIpc) is 3.42. The van der Waals surface area contributed by atoms with Crippen LogP contribution in [0.2, 0.25) is 0 Å². The molecule has 0 spiro atoms. The summed E-state index contributed by atoms with van der Waals surface area (Å²) in [6, 6.07) is 11.0. The fraction of sp³-hybridized carbons (Fsp3) is 0.389. The van der Waals surface area contributed by atoms with E-state index < -0.39 is 10.0 Å². The van der Waals surface area contributed by atoms with Gasteiger partial charge in [-0.1, -0.05) is 6.07 Å². The fourth-order valence-corrected chi connectivity index (χ4v) is 5.79. The van der Waals surface area contributed by atoms with Gasteiger partial charge in [-0.3, -0.25) is 4.90 Å². The zero-order chi connectivity index (χ0) is 20.3. The summed E-state index contributed by atoms with van der Waals surface area (Å²) in [6.45, 7) is 5.26. The number of rotatable bonds is 7. The van der Waals surface area contributed by atoms with Crippen LogP contribution in [0.1, 0.15) is 12.7 Å². The first-order chi connectivity index (χ1) is 14.1. The lowest BCUT2D eigenvalue weighted by Gasteiger charge is -2.33. The Labute approximate surface area is 173 Å². The molecule has 1 fully saturated rings. The maximum atomic E-state index is 12.7. The van der Waals surface area contributed by atoms with E-state index >= 15 is 0 Å². The molecule has 0 unspecified atom stereocenters. The molecule has 1 saturated heterocycles. The number of ether oxygens (including phenoxy) is 1. The van der Waals surface area contributed by atoms with E-state index in [2.05, 4.69) is 20.4 Å². The van der Waals surface area contributed by atoms with Gasteiger partial charge in [0.25, 0.3) is 10.0 Å². The summed E-state index contributed by atoms with van der Waals surface area (Å²) in [5, 5.41) is 13.8. The van der Waals surface area contributed by atoms with Crippen molar-refractivity contribution in [1.29, 1.82) is 0 Å². The van der Waals surface area contributed by atoms with Crippen LogP contribution in [0, 0.1) is 0 Å². The number of nitrogens with zero attached hydrogens (tertiary/aromatic N) is 6. The van der Waals surface area contributed by atoms with Crippen molar-refractivity contribution >= 4 is 21.4 Å². The van der Waals surface area contributed by atoms with Crippen LogP contribution < -0.4 is 4.74 Å². The maximum Gasteiger partial charge on any atom is 0.252 e. The molecule has 4 rings (SSSR count). The van der Waals surface area contributed by atoms with Crippen LogP contribution in [0.4, 0.5) is 0 Å². The first-order valence-corrected chi connectivity index (χ1v) is 11.7. The predicted molar refractivity (Wildman–Crippen MR) is 109 cm³/mol. The van der Waals surface area contributed by atoms with Crippen molar-refractivity contribution in [2.24, 2.45) is 0 Å². The average molecular weight is 435 g/mol. The molecule has 1 aliphatic heterocycles. The maximum absolute atomic E-state index is 12.7. The second kappa shape index (κ2) is 8.57. The Morgan fingerprint density at radius 2 is 1.86 bits per heavy atom. The Morgan fingerprint density at radius 3 is 2.52 bits per heavy atom. The minimum Gasteiger partial charge on any atom is -0.494 e. The molecule has 3 heterocycles. The van der Waals surface area contributed by atoms with E-state index in [4.69, 9.17) is 4.74 Å². The summed E-state index contributed by atoms with van der Waals surface area (Å²) in [4.78, 5) is 2.16. The van der Waals surface area contributed by atoms with Crippen LogP contribution in [-0.4, -0.2) is 70.6 Å². The Hall–Kier alpha value is -2.34. The van der Waals surface area contributed by atoms with Gasteiger partial charge in [-0.15, -0.1) is 16.4 Å². The Bertz CT molecular complexity index is 1030. The number of hydrogen-bond donors (Lipinski definition) is 0. The summed E-state index contributed by atoms with van der Waals surface area (Å²) in [5.41, 5.74) is 0.854. The number of hydrogen-bond acceptors (Lipinski definition) is 8. The summed E-state index contributed by atoms with van der Waals surface area (Å²) in [7, 11) is -3.40. The van der Waals surface area contributed by atoms with E-state index in [1.54, 1.807) is 26.5 Å². The Morgan fingerprint density at radius 1 is 1.10 bits per heavy atom. The molecular weight excluding hydrogens is 412 g/mol. The number of thiophene rings is 1. The van der Waals surface area contributed by atoms with E-state index in [1.807, 2.05) is 31.2 Å². The van der Waals surface area contributed by atoms with Crippen LogP contribution in [0.5, 0.6) is 5.75 Å². The highest BCUT2D eigenvalue weighted by Gasteiger charge is 2.29. The lowest BCUT2D eigenvalue weighted by molar-refractivity contribution is 0.177. The monoisotopic (exact) mass is 434 g/mol. The van der Waals surface area contributed by atoms with Gasteiger partial charge in [0.1, 0.15) is 9.96 Å². The fourth-order valence-electron chi connectivity index (χ4n) is 3.22. The summed E-state index contributed by atoms with van der Waals surface area (Å²) in [6.07, 6.45) is 0. The van der Waals surface area contributed by atoms with Gasteiger partial charge in [0.2, 0.25) is 0 Å². The van der Waals surface area contributed by atoms with Crippen molar-refractivity contribution in [2.75, 3.05) is 32.8 Å². The van der Waals surface area contributed by atoms with Gasteiger partial charge in [-0.25, -0.2) is 8.42 Å². The first-order valence-electron chi connectivity index (χ1n) is 9.34. The molecular formula is C18H22N6O3S2. The second-order valence-electron chi connectivity index (χ2n) is 6.55. The van der Waals surface area contributed by atoms with Crippen molar-refractivity contribution in [2.45, 2.75) is 17.7 Å². The van der Waals surface area contributed by atoms with E-state index in [-0.39, 0.29) is 0 Å². The van der Waals surface area contributed by atoms with Gasteiger partial charge in [0, 0.05) is 26.2 Å². The second-order valence-corrected chi connectivity index (χ2v) is 9.66. The molecule has 11 heteroatoms. The number of piperazine rings is 1. The predicted octanol–water partition coefficient (Wildman–Crippen LogP) is 1.63. The molecule has 1 aliphatic rings. The third-order valence-electron chi connectivity index (χ3n) is 4.71. The molecule has 0 amide bonds. The van der Waals surface area contributed by atoms with Crippen molar-refractivity contribution in [3.05, 3.63) is 47.6 Å². The third-order valence-corrected chi connectivity index (χ3v) is 7.98. The topological polar surface area (TPSA) is 93.4 Å². The Kier molecular flexibility index (Phi) is 5.90. The normalized spacial score (nSPS) is 16.2. The molecule has 0 N–H and O–H groups in total. The minimum absolute atomic E-state index is 0.394. The van der Waals surface area contributed by atoms with Crippen LogP contribution in [0.15, 0.2) is 46.0 Å². The highest BCUT2D eigenvalue weighted by atomic mass is 32.2. The van der Waals surface area contributed by atoms with Gasteiger partial charge in [0.05, 0.1) is 18.8 Å². The van der Waals surface area contributed by atoms with Crippen LogP contribution in [0.3, 0.4) is 0 Å². The minimum atomic E-state index is -3.40. The van der Waals surface area contributed by atoms with Gasteiger partial charge in [0.15, 0.2) is 5.82 Å². The highest BCUT2D eigenvalue weighted by Crippen LogP contribution is 2.22. The zero-order valence-electron chi connectivity index (χ0n) is 16.0. The van der Waals surface area contributed by atoms with Crippen molar-refractivity contribution in [3.8, 4) is 11.4 Å². The van der Waals surface area contributed by atoms with Gasteiger partial charge in [-0.2, -0.15) is 8.99 Å². The molecule has 0 bridgehead atoms. The van der Waals surface area contributed by atoms with E-state index in [1.165, 1.54) is 11.3 Å². The van der Waals surface area contributed by atoms with E-state index in [0.29, 0.717) is 49.4 Å². The first kappa shape index (κ1) is 20.0. The standard InChI is InChI=1S/C18H22N6O3S2/c1-2-27-16-7-5-15(6-8-16)24-17(19-20-21-24)14-22-9-11-23(12-10-22)29(25,26)18-4-3-13-28-18/h3-8,13H,2,9-12,14H2,1H3. The van der Waals surface area contributed by atoms with Crippen LogP contribution >= 0.6 is 11.3 Å². The lowest BCUT2D eigenvalue weighted by Crippen LogP contribution is -2.48. The highest BCUT2D eigenvalue weighted by molar-refractivity contribution is 7.91. The number of benzene rings is 1. The van der Waals surface area contributed by atoms with Gasteiger partial charge < -0.3 is 4.74 Å². The number of tetrazole rings is 1. The molecule has 154 valence electrons. The largest absolute Gasteiger partial charge is 0.494 e. The lowest BCUT2D eigenvalue weighted by atomic mass is 10.3. The number of sulfonamides is 1. The van der Waals surface area contributed by atoms with E-state index in [0.717, 1.165) is 11.4 Å². The zero-order valence-corrected chi connectivity index (χ0v) is 17.6. The quantitative estimate of drug-likeness (QED) is 0.558.